The van der Waals surface area contributed by atoms with E-state index in [1.54, 1.807) is 0 Å². The van der Waals surface area contributed by atoms with Crippen LogP contribution >= 0.6 is 15.9 Å². The Morgan fingerprint density at radius 1 is 1.38 bits per heavy atom. The van der Waals surface area contributed by atoms with Crippen molar-refractivity contribution in [1.29, 1.82) is 0 Å². The fourth-order valence-electron chi connectivity index (χ4n) is 1.40. The molecule has 0 fully saturated rings. The van der Waals surface area contributed by atoms with Crippen molar-refractivity contribution in [3.05, 3.63) is 10.2 Å². The Bertz CT molecular complexity index is 363. The Labute approximate surface area is 106 Å². The number of hydrogen-bond acceptors (Lipinski definition) is 3. The van der Waals surface area contributed by atoms with Crippen LogP contribution in [0.3, 0.4) is 0 Å². The Morgan fingerprint density at radius 3 is 2.31 bits per heavy atom. The third kappa shape index (κ3) is 2.98. The lowest BCUT2D eigenvalue weighted by molar-refractivity contribution is 0.372. The molecule has 1 aromatic rings. The van der Waals surface area contributed by atoms with Gasteiger partial charge < -0.3 is 10.6 Å². The topological polar surface area (TPSA) is 47.1 Å². The number of nitrogens with two attached hydrogens (primary N) is 1. The van der Waals surface area contributed by atoms with Crippen LogP contribution in [0.2, 0.25) is 0 Å². The maximum Gasteiger partial charge on any atom is 0.136 e. The number of rotatable bonds is 3. The first-order valence-corrected chi connectivity index (χ1v) is 6.19. The van der Waals surface area contributed by atoms with Crippen LogP contribution in [0.5, 0.6) is 0 Å². The molecule has 0 aliphatic rings. The van der Waals surface area contributed by atoms with Gasteiger partial charge in [-0.1, -0.05) is 20.8 Å². The molecule has 1 rings (SSSR count). The molecular formula is C11H21BrN4. The smallest absolute Gasteiger partial charge is 0.136 e. The Hall–Kier alpha value is -0.550. The highest BCUT2D eigenvalue weighted by Crippen LogP contribution is 2.32. The monoisotopic (exact) mass is 288 g/mol. The van der Waals surface area contributed by atoms with Gasteiger partial charge in [-0.15, -0.1) is 0 Å². The van der Waals surface area contributed by atoms with E-state index in [4.69, 9.17) is 5.73 Å². The van der Waals surface area contributed by atoms with Gasteiger partial charge in [0.05, 0.1) is 16.7 Å². The molecule has 0 unspecified atom stereocenters. The van der Waals surface area contributed by atoms with Crippen LogP contribution < -0.4 is 5.73 Å². The summed E-state index contributed by atoms with van der Waals surface area (Å²) in [6.45, 7) is 8.15. The van der Waals surface area contributed by atoms with Crippen molar-refractivity contribution in [3.8, 4) is 0 Å². The van der Waals surface area contributed by atoms with Crippen molar-refractivity contribution >= 4 is 21.7 Å². The van der Waals surface area contributed by atoms with Gasteiger partial charge >= 0.3 is 0 Å². The average Bonchev–Trinajstić information content (AvgIpc) is 2.40. The molecule has 92 valence electrons. The number of anilines is 1. The molecule has 0 aliphatic heterocycles. The molecule has 5 heteroatoms. The second-order valence-electron chi connectivity index (χ2n) is 5.32. The maximum absolute atomic E-state index is 6.02. The number of hydrogen-bond donors (Lipinski definition) is 1. The van der Waals surface area contributed by atoms with Crippen LogP contribution in [0.4, 0.5) is 5.82 Å². The number of nitrogen functional groups attached to an aromatic ring is 1. The fraction of sp³-hybridized carbons (Fsp3) is 0.727. The minimum Gasteiger partial charge on any atom is -0.383 e. The van der Waals surface area contributed by atoms with E-state index in [1.807, 2.05) is 18.8 Å². The number of likely N-dealkylation sites (N-methyl/N-ethyl adjacent to an activating group) is 1. The molecule has 0 amide bonds. The average molecular weight is 289 g/mol. The van der Waals surface area contributed by atoms with E-state index in [2.05, 4.69) is 46.7 Å². The minimum absolute atomic E-state index is 0.0102. The summed E-state index contributed by atoms with van der Waals surface area (Å²) >= 11 is 3.52. The zero-order chi connectivity index (χ0) is 12.5. The SMILES string of the molecule is CN(C)CCn1nc(C(C)(C)C)c(Br)c1N. The summed E-state index contributed by atoms with van der Waals surface area (Å²) < 4.78 is 2.80. The summed E-state index contributed by atoms with van der Waals surface area (Å²) in [4.78, 5) is 2.12. The number of aromatic nitrogens is 2. The summed E-state index contributed by atoms with van der Waals surface area (Å²) in [6.07, 6.45) is 0. The van der Waals surface area contributed by atoms with Gasteiger partial charge in [-0.2, -0.15) is 5.10 Å². The summed E-state index contributed by atoms with van der Waals surface area (Å²) in [5, 5.41) is 4.57. The van der Waals surface area contributed by atoms with E-state index in [-0.39, 0.29) is 5.41 Å². The molecule has 0 aliphatic carbocycles. The number of halogens is 1. The highest BCUT2D eigenvalue weighted by atomic mass is 79.9. The van der Waals surface area contributed by atoms with E-state index < -0.39 is 0 Å². The third-order valence-electron chi connectivity index (χ3n) is 2.40. The Morgan fingerprint density at radius 2 is 1.94 bits per heavy atom. The molecular weight excluding hydrogens is 268 g/mol. The highest BCUT2D eigenvalue weighted by Gasteiger charge is 2.24. The third-order valence-corrected chi connectivity index (χ3v) is 3.18. The van der Waals surface area contributed by atoms with Crippen LogP contribution in [-0.2, 0) is 12.0 Å². The molecule has 0 saturated heterocycles. The first-order valence-electron chi connectivity index (χ1n) is 5.40. The quantitative estimate of drug-likeness (QED) is 0.927. The van der Waals surface area contributed by atoms with Gasteiger partial charge in [0.25, 0.3) is 0 Å². The van der Waals surface area contributed by atoms with Crippen LogP contribution in [0, 0.1) is 0 Å². The van der Waals surface area contributed by atoms with E-state index in [0.717, 1.165) is 23.3 Å². The lowest BCUT2D eigenvalue weighted by Gasteiger charge is -2.15. The van der Waals surface area contributed by atoms with Gasteiger partial charge in [0.15, 0.2) is 0 Å². The normalized spacial score (nSPS) is 12.4. The van der Waals surface area contributed by atoms with Crippen molar-refractivity contribution < 1.29 is 0 Å². The molecule has 0 atom stereocenters. The van der Waals surface area contributed by atoms with Gasteiger partial charge in [0.2, 0.25) is 0 Å². The van der Waals surface area contributed by atoms with E-state index in [0.29, 0.717) is 5.82 Å². The van der Waals surface area contributed by atoms with Crippen molar-refractivity contribution in [2.75, 3.05) is 26.4 Å². The predicted octanol–water partition coefficient (Wildman–Crippen LogP) is 2.09. The second-order valence-corrected chi connectivity index (χ2v) is 6.12. The molecule has 0 saturated carbocycles. The zero-order valence-electron chi connectivity index (χ0n) is 10.7. The first-order chi connectivity index (χ1) is 7.23. The fourth-order valence-corrected chi connectivity index (χ4v) is 2.28. The van der Waals surface area contributed by atoms with E-state index >= 15 is 0 Å². The molecule has 2 N–H and O–H groups in total. The van der Waals surface area contributed by atoms with Gasteiger partial charge in [-0.3, -0.25) is 0 Å². The van der Waals surface area contributed by atoms with Crippen molar-refractivity contribution in [2.45, 2.75) is 32.7 Å². The summed E-state index contributed by atoms with van der Waals surface area (Å²) in [6, 6.07) is 0. The molecule has 0 radical (unpaired) electrons. The molecule has 1 aromatic heterocycles. The Balaban J connectivity index is 2.96. The predicted molar refractivity (Wildman–Crippen MR) is 71.6 cm³/mol. The van der Waals surface area contributed by atoms with Crippen molar-refractivity contribution in [3.63, 3.8) is 0 Å². The van der Waals surface area contributed by atoms with Crippen LogP contribution in [0.15, 0.2) is 4.47 Å². The largest absolute Gasteiger partial charge is 0.383 e. The minimum atomic E-state index is 0.0102. The second kappa shape index (κ2) is 4.75. The highest BCUT2D eigenvalue weighted by molar-refractivity contribution is 9.10. The van der Waals surface area contributed by atoms with E-state index in [1.165, 1.54) is 0 Å². The van der Waals surface area contributed by atoms with Gasteiger partial charge in [0.1, 0.15) is 5.82 Å². The standard InChI is InChI=1S/C11H21BrN4/c1-11(2,3)9-8(12)10(13)16(14-9)7-6-15(4)5/h6-7,13H2,1-5H3. The first kappa shape index (κ1) is 13.5. The molecule has 0 spiro atoms. The number of nitrogens with zero attached hydrogens (tertiary/aromatic N) is 3. The van der Waals surface area contributed by atoms with Gasteiger partial charge in [-0.05, 0) is 30.0 Å². The lowest BCUT2D eigenvalue weighted by atomic mass is 9.92. The summed E-state index contributed by atoms with van der Waals surface area (Å²) in [5.74, 6) is 0.715. The van der Waals surface area contributed by atoms with Crippen LogP contribution in [-0.4, -0.2) is 35.3 Å². The molecule has 1 heterocycles. The lowest BCUT2D eigenvalue weighted by Crippen LogP contribution is -2.20. The van der Waals surface area contributed by atoms with Crippen LogP contribution in [0.1, 0.15) is 26.5 Å². The molecule has 4 nitrogen and oxygen atoms in total. The van der Waals surface area contributed by atoms with Crippen LogP contribution in [0.25, 0.3) is 0 Å². The summed E-state index contributed by atoms with van der Waals surface area (Å²) in [7, 11) is 4.08. The Kier molecular flexibility index (Phi) is 4.02. The van der Waals surface area contributed by atoms with Crippen molar-refractivity contribution in [1.82, 2.24) is 14.7 Å². The van der Waals surface area contributed by atoms with Gasteiger partial charge in [-0.25, -0.2) is 4.68 Å². The van der Waals surface area contributed by atoms with E-state index in [9.17, 15) is 0 Å². The molecule has 0 aromatic carbocycles. The van der Waals surface area contributed by atoms with Gasteiger partial charge in [0, 0.05) is 12.0 Å². The summed E-state index contributed by atoms with van der Waals surface area (Å²) in [5.41, 5.74) is 7.05. The maximum atomic E-state index is 6.02. The zero-order valence-corrected chi connectivity index (χ0v) is 12.3. The molecule has 0 bridgehead atoms. The molecule has 16 heavy (non-hydrogen) atoms. The van der Waals surface area contributed by atoms with Crippen molar-refractivity contribution in [2.24, 2.45) is 0 Å².